The van der Waals surface area contributed by atoms with Crippen LogP contribution >= 0.6 is 0 Å². The van der Waals surface area contributed by atoms with E-state index in [4.69, 9.17) is 0 Å². The molecule has 0 aromatic heterocycles. The molecule has 0 amide bonds. The summed E-state index contributed by atoms with van der Waals surface area (Å²) in [4.78, 5) is 10.4. The Hall–Kier alpha value is -1.49. The highest BCUT2D eigenvalue weighted by Gasteiger charge is 2.20. The lowest BCUT2D eigenvalue weighted by atomic mass is 9.95. The zero-order valence-electron chi connectivity index (χ0n) is 10.9. The number of rotatable bonds is 6. The number of hydrogen-bond acceptors (Lipinski definition) is 3. The van der Waals surface area contributed by atoms with Crippen molar-refractivity contribution in [2.75, 3.05) is 6.54 Å². The van der Waals surface area contributed by atoms with Gasteiger partial charge in [-0.1, -0.05) is 20.8 Å². The highest BCUT2D eigenvalue weighted by atomic mass is 19.1. The first-order valence-corrected chi connectivity index (χ1v) is 6.11. The van der Waals surface area contributed by atoms with Gasteiger partial charge in [-0.3, -0.25) is 10.1 Å². The van der Waals surface area contributed by atoms with E-state index in [1.54, 1.807) is 0 Å². The van der Waals surface area contributed by atoms with E-state index in [2.05, 4.69) is 5.32 Å². The van der Waals surface area contributed by atoms with Gasteiger partial charge in [0.2, 0.25) is 0 Å². The normalized spacial score (nSPS) is 12.7. The van der Waals surface area contributed by atoms with Crippen LogP contribution in [0.5, 0.6) is 0 Å². The minimum absolute atomic E-state index is 0.0139. The predicted molar refractivity (Wildman–Crippen MR) is 69.1 cm³/mol. The van der Waals surface area contributed by atoms with Crippen molar-refractivity contribution in [3.05, 3.63) is 39.7 Å². The van der Waals surface area contributed by atoms with Crippen LogP contribution in [0.15, 0.2) is 18.2 Å². The lowest BCUT2D eigenvalue weighted by Crippen LogP contribution is -2.35. The van der Waals surface area contributed by atoms with Gasteiger partial charge >= 0.3 is 0 Å². The number of nitrogens with zero attached hydrogens (tertiary/aromatic N) is 1. The molecule has 18 heavy (non-hydrogen) atoms. The molecular weight excluding hydrogens is 235 g/mol. The van der Waals surface area contributed by atoms with Gasteiger partial charge in [0.25, 0.3) is 5.69 Å². The van der Waals surface area contributed by atoms with Crippen LogP contribution in [-0.4, -0.2) is 17.5 Å². The second kappa shape index (κ2) is 6.44. The molecule has 0 aliphatic heterocycles. The van der Waals surface area contributed by atoms with Crippen molar-refractivity contribution in [1.82, 2.24) is 5.32 Å². The molecule has 0 bridgehead atoms. The number of hydrogen-bond donors (Lipinski definition) is 1. The minimum Gasteiger partial charge on any atom is -0.314 e. The summed E-state index contributed by atoms with van der Waals surface area (Å²) in [6, 6.07) is 3.72. The SMILES string of the molecule is CCNC(Cc1cc(F)ccc1[N+](=O)[O-])C(C)C. The molecule has 0 spiro atoms. The van der Waals surface area contributed by atoms with E-state index in [1.807, 2.05) is 20.8 Å². The maximum Gasteiger partial charge on any atom is 0.272 e. The molecule has 0 saturated carbocycles. The minimum atomic E-state index is -0.460. The molecule has 4 nitrogen and oxygen atoms in total. The van der Waals surface area contributed by atoms with Crippen molar-refractivity contribution in [3.8, 4) is 0 Å². The van der Waals surface area contributed by atoms with Gasteiger partial charge in [0.1, 0.15) is 5.82 Å². The molecule has 0 radical (unpaired) electrons. The topological polar surface area (TPSA) is 55.2 Å². The number of nitro groups is 1. The molecule has 0 aliphatic carbocycles. The van der Waals surface area contributed by atoms with Gasteiger partial charge < -0.3 is 5.32 Å². The van der Waals surface area contributed by atoms with Crippen LogP contribution in [0.4, 0.5) is 10.1 Å². The van der Waals surface area contributed by atoms with Gasteiger partial charge in [-0.15, -0.1) is 0 Å². The van der Waals surface area contributed by atoms with Gasteiger partial charge in [0.05, 0.1) is 4.92 Å². The van der Waals surface area contributed by atoms with Crippen LogP contribution in [0.25, 0.3) is 0 Å². The summed E-state index contributed by atoms with van der Waals surface area (Å²) in [6.45, 7) is 6.85. The van der Waals surface area contributed by atoms with E-state index in [0.29, 0.717) is 17.9 Å². The zero-order chi connectivity index (χ0) is 13.7. The third-order valence-electron chi connectivity index (χ3n) is 2.95. The largest absolute Gasteiger partial charge is 0.314 e. The summed E-state index contributed by atoms with van der Waals surface area (Å²) in [7, 11) is 0. The molecular formula is C13H19FN2O2. The molecule has 5 heteroatoms. The van der Waals surface area contributed by atoms with Gasteiger partial charge in [-0.25, -0.2) is 4.39 Å². The summed E-state index contributed by atoms with van der Waals surface area (Å²) in [6.07, 6.45) is 0.458. The van der Waals surface area contributed by atoms with Gasteiger partial charge in [0, 0.05) is 17.7 Å². The van der Waals surface area contributed by atoms with Crippen molar-refractivity contribution >= 4 is 5.69 Å². The predicted octanol–water partition coefficient (Wildman–Crippen LogP) is 2.91. The molecule has 1 N–H and O–H groups in total. The Morgan fingerprint density at radius 1 is 1.44 bits per heavy atom. The average Bonchev–Trinajstić information content (AvgIpc) is 2.28. The Labute approximate surface area is 106 Å². The Kier molecular flexibility index (Phi) is 5.22. The maximum atomic E-state index is 13.2. The number of likely N-dealkylation sites (N-methyl/N-ethyl adjacent to an activating group) is 1. The molecule has 1 aromatic carbocycles. The summed E-state index contributed by atoms with van der Waals surface area (Å²) >= 11 is 0. The van der Waals surface area contributed by atoms with Crippen LogP contribution in [-0.2, 0) is 6.42 Å². The molecule has 1 atom stereocenters. The van der Waals surface area contributed by atoms with E-state index in [0.717, 1.165) is 12.6 Å². The first-order valence-electron chi connectivity index (χ1n) is 6.11. The molecule has 0 heterocycles. The second-order valence-electron chi connectivity index (χ2n) is 4.64. The van der Waals surface area contributed by atoms with Crippen LogP contribution in [0.1, 0.15) is 26.3 Å². The molecule has 1 aromatic rings. The Bertz CT molecular complexity index is 421. The molecule has 1 rings (SSSR count). The van der Waals surface area contributed by atoms with E-state index in [1.165, 1.54) is 12.1 Å². The monoisotopic (exact) mass is 254 g/mol. The average molecular weight is 254 g/mol. The smallest absolute Gasteiger partial charge is 0.272 e. The Morgan fingerprint density at radius 2 is 2.11 bits per heavy atom. The molecule has 1 unspecified atom stereocenters. The molecule has 0 aliphatic rings. The van der Waals surface area contributed by atoms with Crippen molar-refractivity contribution in [2.45, 2.75) is 33.2 Å². The van der Waals surface area contributed by atoms with E-state index in [-0.39, 0.29) is 11.7 Å². The summed E-state index contributed by atoms with van der Waals surface area (Å²) in [5, 5.41) is 14.2. The standard InChI is InChI=1S/C13H19FN2O2/c1-4-15-12(9(2)3)8-10-7-11(14)5-6-13(10)16(17)18/h5-7,9,12,15H,4,8H2,1-3H3. The fourth-order valence-electron chi connectivity index (χ4n) is 1.94. The number of nitrogens with one attached hydrogen (secondary N) is 1. The Balaban J connectivity index is 3.00. The fraction of sp³-hybridized carbons (Fsp3) is 0.538. The zero-order valence-corrected chi connectivity index (χ0v) is 10.9. The van der Waals surface area contributed by atoms with Crippen molar-refractivity contribution in [1.29, 1.82) is 0 Å². The first-order chi connectivity index (χ1) is 8.45. The van der Waals surface area contributed by atoms with Crippen LogP contribution in [0.2, 0.25) is 0 Å². The third kappa shape index (κ3) is 3.77. The van der Waals surface area contributed by atoms with E-state index >= 15 is 0 Å². The lowest BCUT2D eigenvalue weighted by molar-refractivity contribution is -0.385. The highest BCUT2D eigenvalue weighted by molar-refractivity contribution is 5.40. The first kappa shape index (κ1) is 14.6. The summed E-state index contributed by atoms with van der Waals surface area (Å²) < 4.78 is 13.2. The molecule has 100 valence electrons. The quantitative estimate of drug-likeness (QED) is 0.627. The van der Waals surface area contributed by atoms with Crippen molar-refractivity contribution in [2.24, 2.45) is 5.92 Å². The van der Waals surface area contributed by atoms with Gasteiger partial charge in [0.15, 0.2) is 0 Å². The van der Waals surface area contributed by atoms with Crippen molar-refractivity contribution < 1.29 is 9.31 Å². The highest BCUT2D eigenvalue weighted by Crippen LogP contribution is 2.22. The summed E-state index contributed by atoms with van der Waals surface area (Å²) in [5.74, 6) is -0.109. The van der Waals surface area contributed by atoms with Crippen molar-refractivity contribution in [3.63, 3.8) is 0 Å². The number of nitro benzene ring substituents is 1. The Morgan fingerprint density at radius 3 is 2.61 bits per heavy atom. The molecule has 0 saturated heterocycles. The van der Waals surface area contributed by atoms with Crippen LogP contribution < -0.4 is 5.32 Å². The third-order valence-corrected chi connectivity index (χ3v) is 2.95. The molecule has 0 fully saturated rings. The van der Waals surface area contributed by atoms with E-state index in [9.17, 15) is 14.5 Å². The number of benzene rings is 1. The second-order valence-corrected chi connectivity index (χ2v) is 4.64. The number of halogens is 1. The lowest BCUT2D eigenvalue weighted by Gasteiger charge is -2.21. The van der Waals surface area contributed by atoms with Gasteiger partial charge in [-0.2, -0.15) is 0 Å². The van der Waals surface area contributed by atoms with E-state index < -0.39 is 10.7 Å². The van der Waals surface area contributed by atoms with Crippen LogP contribution in [0, 0.1) is 21.8 Å². The fourth-order valence-corrected chi connectivity index (χ4v) is 1.94. The van der Waals surface area contributed by atoms with Gasteiger partial charge in [-0.05, 0) is 31.0 Å². The van der Waals surface area contributed by atoms with Crippen LogP contribution in [0.3, 0.4) is 0 Å². The summed E-state index contributed by atoms with van der Waals surface area (Å²) in [5.41, 5.74) is 0.430. The maximum absolute atomic E-state index is 13.2.